The lowest BCUT2D eigenvalue weighted by Gasteiger charge is -2.08. The minimum absolute atomic E-state index is 0.644. The predicted molar refractivity (Wildman–Crippen MR) is 114 cm³/mol. The molecule has 0 radical (unpaired) electrons. The Morgan fingerprint density at radius 2 is 1.80 bits per heavy atom. The molecule has 0 fully saturated rings. The van der Waals surface area contributed by atoms with E-state index in [1.807, 2.05) is 66.7 Å². The van der Waals surface area contributed by atoms with Gasteiger partial charge in [-0.3, -0.25) is 4.68 Å². The molecule has 0 atom stereocenters. The topological polar surface area (TPSA) is 85.2 Å². The summed E-state index contributed by atoms with van der Waals surface area (Å²) in [5.74, 6) is 0.762. The Kier molecular flexibility index (Phi) is 5.15. The van der Waals surface area contributed by atoms with Gasteiger partial charge in [-0.2, -0.15) is 15.5 Å². The highest BCUT2D eigenvalue weighted by Crippen LogP contribution is 2.27. The summed E-state index contributed by atoms with van der Waals surface area (Å²) in [7, 11) is 1.96. The minimum atomic E-state index is 0.644. The molecule has 0 N–H and O–H groups in total. The van der Waals surface area contributed by atoms with E-state index in [-0.39, 0.29) is 0 Å². The van der Waals surface area contributed by atoms with Gasteiger partial charge >= 0.3 is 0 Å². The SMILES string of the molecule is CCc1c(-c2ccc(C#N)cc2)nn(C)c1Cc1cc(-n2nc(C)cc2C)ncn1. The van der Waals surface area contributed by atoms with Crippen molar-refractivity contribution in [2.45, 2.75) is 33.6 Å². The Labute approximate surface area is 175 Å². The predicted octanol–water partition coefficient (Wildman–Crippen LogP) is 3.70. The number of aromatic nitrogens is 6. The molecule has 7 nitrogen and oxygen atoms in total. The second-order valence-corrected chi connectivity index (χ2v) is 7.32. The van der Waals surface area contributed by atoms with Crippen molar-refractivity contribution in [1.82, 2.24) is 29.5 Å². The zero-order valence-corrected chi connectivity index (χ0v) is 17.6. The quantitative estimate of drug-likeness (QED) is 0.512. The Morgan fingerprint density at radius 1 is 1.03 bits per heavy atom. The number of nitriles is 1. The van der Waals surface area contributed by atoms with E-state index in [1.54, 1.807) is 6.33 Å². The molecule has 0 aliphatic rings. The maximum absolute atomic E-state index is 9.05. The molecule has 7 heteroatoms. The monoisotopic (exact) mass is 397 g/mol. The summed E-state index contributed by atoms with van der Waals surface area (Å²) >= 11 is 0. The van der Waals surface area contributed by atoms with E-state index in [1.165, 1.54) is 5.56 Å². The van der Waals surface area contributed by atoms with Gasteiger partial charge in [-0.25, -0.2) is 14.6 Å². The summed E-state index contributed by atoms with van der Waals surface area (Å²) in [4.78, 5) is 8.89. The first-order valence-corrected chi connectivity index (χ1v) is 9.90. The van der Waals surface area contributed by atoms with Crippen molar-refractivity contribution in [2.75, 3.05) is 0 Å². The maximum Gasteiger partial charge on any atom is 0.157 e. The summed E-state index contributed by atoms with van der Waals surface area (Å²) in [6.07, 6.45) is 3.09. The summed E-state index contributed by atoms with van der Waals surface area (Å²) < 4.78 is 3.77. The first-order chi connectivity index (χ1) is 14.5. The fraction of sp³-hybridized carbons (Fsp3) is 0.261. The van der Waals surface area contributed by atoms with Gasteiger partial charge in [0.25, 0.3) is 0 Å². The Hall–Kier alpha value is -3.79. The minimum Gasteiger partial charge on any atom is -0.271 e. The Bertz CT molecular complexity index is 1240. The number of rotatable bonds is 5. The third-order valence-electron chi connectivity index (χ3n) is 5.20. The van der Waals surface area contributed by atoms with E-state index in [0.717, 1.165) is 46.3 Å². The number of benzene rings is 1. The van der Waals surface area contributed by atoms with Crippen LogP contribution in [-0.2, 0) is 19.9 Å². The van der Waals surface area contributed by atoms with E-state index < -0.39 is 0 Å². The molecular formula is C23H23N7. The van der Waals surface area contributed by atoms with Crippen LogP contribution in [0.25, 0.3) is 17.1 Å². The molecule has 4 rings (SSSR count). The third-order valence-corrected chi connectivity index (χ3v) is 5.20. The lowest BCUT2D eigenvalue weighted by Crippen LogP contribution is -2.07. The van der Waals surface area contributed by atoms with Crippen molar-refractivity contribution in [2.24, 2.45) is 7.05 Å². The molecule has 0 aliphatic heterocycles. The van der Waals surface area contributed by atoms with Gasteiger partial charge in [-0.15, -0.1) is 0 Å². The van der Waals surface area contributed by atoms with Crippen LogP contribution in [0.1, 0.15) is 40.8 Å². The Morgan fingerprint density at radius 3 is 2.43 bits per heavy atom. The summed E-state index contributed by atoms with van der Waals surface area (Å²) in [6, 6.07) is 13.7. The summed E-state index contributed by atoms with van der Waals surface area (Å²) in [6.45, 7) is 6.12. The average molecular weight is 397 g/mol. The summed E-state index contributed by atoms with van der Waals surface area (Å²) in [5, 5.41) is 18.3. The van der Waals surface area contributed by atoms with Crippen LogP contribution in [-0.4, -0.2) is 29.5 Å². The van der Waals surface area contributed by atoms with Crippen LogP contribution in [0, 0.1) is 25.2 Å². The number of hydrogen-bond donors (Lipinski definition) is 0. The van der Waals surface area contributed by atoms with Gasteiger partial charge < -0.3 is 0 Å². The van der Waals surface area contributed by atoms with Crippen LogP contribution in [0.5, 0.6) is 0 Å². The van der Waals surface area contributed by atoms with E-state index >= 15 is 0 Å². The summed E-state index contributed by atoms with van der Waals surface area (Å²) in [5.41, 5.74) is 7.83. The van der Waals surface area contributed by atoms with Crippen molar-refractivity contribution >= 4 is 0 Å². The molecule has 0 saturated heterocycles. The van der Waals surface area contributed by atoms with Gasteiger partial charge in [0, 0.05) is 42.0 Å². The standard InChI is InChI=1S/C23H23N7/c1-5-20-21(29(4)28-23(20)18-8-6-17(13-24)7-9-18)11-19-12-22(26-14-25-19)30-16(3)10-15(2)27-30/h6-10,12,14H,5,11H2,1-4H3. The van der Waals surface area contributed by atoms with Gasteiger partial charge in [0.1, 0.15) is 6.33 Å². The molecule has 30 heavy (non-hydrogen) atoms. The molecular weight excluding hydrogens is 374 g/mol. The van der Waals surface area contributed by atoms with Crippen LogP contribution in [0.2, 0.25) is 0 Å². The maximum atomic E-state index is 9.05. The fourth-order valence-corrected chi connectivity index (χ4v) is 3.76. The lowest BCUT2D eigenvalue weighted by molar-refractivity contribution is 0.717. The van der Waals surface area contributed by atoms with Crippen molar-refractivity contribution in [3.05, 3.63) is 76.6 Å². The van der Waals surface area contributed by atoms with Crippen molar-refractivity contribution in [3.8, 4) is 23.1 Å². The second-order valence-electron chi connectivity index (χ2n) is 7.32. The van der Waals surface area contributed by atoms with Gasteiger partial charge in [-0.05, 0) is 38.5 Å². The molecule has 150 valence electrons. The van der Waals surface area contributed by atoms with Crippen molar-refractivity contribution in [3.63, 3.8) is 0 Å². The highest BCUT2D eigenvalue weighted by Gasteiger charge is 2.17. The van der Waals surface area contributed by atoms with Crippen LogP contribution < -0.4 is 0 Å². The van der Waals surface area contributed by atoms with E-state index in [4.69, 9.17) is 10.4 Å². The van der Waals surface area contributed by atoms with Crippen LogP contribution in [0.4, 0.5) is 0 Å². The molecule has 0 unspecified atom stereocenters. The highest BCUT2D eigenvalue weighted by atomic mass is 15.3. The molecule has 1 aromatic carbocycles. The number of nitrogens with zero attached hydrogens (tertiary/aromatic N) is 7. The largest absolute Gasteiger partial charge is 0.271 e. The molecule has 0 saturated carbocycles. The zero-order chi connectivity index (χ0) is 21.3. The molecule has 0 aliphatic carbocycles. The van der Waals surface area contributed by atoms with E-state index in [9.17, 15) is 0 Å². The zero-order valence-electron chi connectivity index (χ0n) is 17.6. The molecule has 0 bridgehead atoms. The number of aryl methyl sites for hydroxylation is 3. The van der Waals surface area contributed by atoms with Crippen LogP contribution in [0.15, 0.2) is 42.7 Å². The lowest BCUT2D eigenvalue weighted by atomic mass is 10.0. The van der Waals surface area contributed by atoms with Gasteiger partial charge in [0.2, 0.25) is 0 Å². The van der Waals surface area contributed by atoms with Crippen molar-refractivity contribution in [1.29, 1.82) is 5.26 Å². The molecule has 4 aromatic rings. The third kappa shape index (κ3) is 3.60. The average Bonchev–Trinajstić information content (AvgIpc) is 3.26. The van der Waals surface area contributed by atoms with Crippen molar-refractivity contribution < 1.29 is 0 Å². The molecule has 3 heterocycles. The first-order valence-electron chi connectivity index (χ1n) is 9.90. The highest BCUT2D eigenvalue weighted by molar-refractivity contribution is 5.65. The van der Waals surface area contributed by atoms with Gasteiger partial charge in [-0.1, -0.05) is 19.1 Å². The van der Waals surface area contributed by atoms with Crippen LogP contribution >= 0.6 is 0 Å². The second kappa shape index (κ2) is 7.91. The van der Waals surface area contributed by atoms with E-state index in [2.05, 4.69) is 28.1 Å². The fourth-order valence-electron chi connectivity index (χ4n) is 3.76. The smallest absolute Gasteiger partial charge is 0.157 e. The first kappa shape index (κ1) is 19.5. The van der Waals surface area contributed by atoms with E-state index in [0.29, 0.717) is 12.0 Å². The van der Waals surface area contributed by atoms with Gasteiger partial charge in [0.15, 0.2) is 5.82 Å². The normalized spacial score (nSPS) is 10.9. The molecule has 0 amide bonds. The number of hydrogen-bond acceptors (Lipinski definition) is 5. The van der Waals surface area contributed by atoms with Gasteiger partial charge in [0.05, 0.1) is 28.7 Å². The Balaban J connectivity index is 1.70. The molecule has 0 spiro atoms. The molecule has 3 aromatic heterocycles. The van der Waals surface area contributed by atoms with Crippen LogP contribution in [0.3, 0.4) is 0 Å².